The van der Waals surface area contributed by atoms with E-state index < -0.39 is 51.3 Å². The van der Waals surface area contributed by atoms with Crippen molar-refractivity contribution in [1.82, 2.24) is 0 Å². The Morgan fingerprint density at radius 3 is 2.49 bits per heavy atom. The SMILES string of the molecule is C=CCOC(=O)c1ccccc1CO[C@H]1O[C@@H]2CO[C@@H](c3ccccc3)O[C@H]2[C@H](O)[C@@H]1O[Si](C)(C)C(C)(C)C. The van der Waals surface area contributed by atoms with Gasteiger partial charge in [0.1, 0.15) is 31.0 Å². The fourth-order valence-corrected chi connectivity index (χ4v) is 5.64. The maximum absolute atomic E-state index is 12.6. The lowest BCUT2D eigenvalue weighted by Gasteiger charge is -2.50. The van der Waals surface area contributed by atoms with E-state index in [1.54, 1.807) is 18.2 Å². The highest BCUT2D eigenvalue weighted by atomic mass is 28.4. The molecule has 2 aliphatic heterocycles. The average Bonchev–Trinajstić information content (AvgIpc) is 2.92. The predicted octanol–water partition coefficient (Wildman–Crippen LogP) is 5.14. The van der Waals surface area contributed by atoms with Gasteiger partial charge in [0.15, 0.2) is 20.9 Å². The second kappa shape index (κ2) is 12.4. The van der Waals surface area contributed by atoms with E-state index in [0.717, 1.165) is 5.56 Å². The summed E-state index contributed by atoms with van der Waals surface area (Å²) in [6.45, 7) is 14.6. The van der Waals surface area contributed by atoms with Gasteiger partial charge in [-0.15, -0.1) is 0 Å². The van der Waals surface area contributed by atoms with Gasteiger partial charge in [-0.2, -0.15) is 0 Å². The topological polar surface area (TPSA) is 92.7 Å². The molecule has 2 aromatic carbocycles. The number of aliphatic hydroxyl groups is 1. The molecule has 0 aliphatic carbocycles. The Morgan fingerprint density at radius 2 is 1.79 bits per heavy atom. The van der Waals surface area contributed by atoms with E-state index in [-0.39, 0.29) is 24.9 Å². The van der Waals surface area contributed by atoms with Crippen LogP contribution in [0, 0.1) is 0 Å². The van der Waals surface area contributed by atoms with Gasteiger partial charge >= 0.3 is 5.97 Å². The molecule has 2 aromatic rings. The van der Waals surface area contributed by atoms with E-state index in [1.807, 2.05) is 36.4 Å². The Hall–Kier alpha value is -2.37. The number of carbonyl (C=O) groups is 1. The van der Waals surface area contributed by atoms with Gasteiger partial charge in [0, 0.05) is 5.56 Å². The van der Waals surface area contributed by atoms with E-state index in [0.29, 0.717) is 11.1 Å². The number of hydrogen-bond acceptors (Lipinski definition) is 8. The van der Waals surface area contributed by atoms with E-state index >= 15 is 0 Å². The molecular weight excluding hydrogens is 516 g/mol. The number of esters is 1. The number of carbonyl (C=O) groups excluding carboxylic acids is 1. The fourth-order valence-electron chi connectivity index (χ4n) is 4.35. The maximum Gasteiger partial charge on any atom is 0.338 e. The van der Waals surface area contributed by atoms with Crippen LogP contribution in [-0.2, 0) is 34.7 Å². The third-order valence-electron chi connectivity index (χ3n) is 7.59. The van der Waals surface area contributed by atoms with Crippen molar-refractivity contribution in [1.29, 1.82) is 0 Å². The van der Waals surface area contributed by atoms with Crippen molar-refractivity contribution in [3.8, 4) is 0 Å². The van der Waals surface area contributed by atoms with E-state index in [2.05, 4.69) is 40.4 Å². The lowest BCUT2D eigenvalue weighted by molar-refractivity contribution is -0.360. The third-order valence-corrected chi connectivity index (χ3v) is 12.1. The van der Waals surface area contributed by atoms with Gasteiger partial charge in [0.05, 0.1) is 18.8 Å². The van der Waals surface area contributed by atoms with E-state index in [1.165, 1.54) is 6.08 Å². The quantitative estimate of drug-likeness (QED) is 0.258. The highest BCUT2D eigenvalue weighted by Gasteiger charge is 2.53. The molecule has 0 amide bonds. The largest absolute Gasteiger partial charge is 0.458 e. The van der Waals surface area contributed by atoms with Crippen molar-refractivity contribution in [2.24, 2.45) is 0 Å². The van der Waals surface area contributed by atoms with Crippen molar-refractivity contribution in [3.63, 3.8) is 0 Å². The molecule has 0 unspecified atom stereocenters. The molecule has 6 atom stereocenters. The molecule has 1 N–H and O–H groups in total. The molecule has 4 rings (SSSR count). The van der Waals surface area contributed by atoms with Gasteiger partial charge in [-0.05, 0) is 29.8 Å². The molecule has 212 valence electrons. The van der Waals surface area contributed by atoms with Gasteiger partial charge in [-0.1, -0.05) is 82.0 Å². The summed E-state index contributed by atoms with van der Waals surface area (Å²) >= 11 is 0. The number of aliphatic hydroxyl groups excluding tert-OH is 1. The van der Waals surface area contributed by atoms with Crippen LogP contribution in [0.5, 0.6) is 0 Å². The first-order valence-corrected chi connectivity index (χ1v) is 16.2. The van der Waals surface area contributed by atoms with Crippen LogP contribution in [0.25, 0.3) is 0 Å². The van der Waals surface area contributed by atoms with Crippen LogP contribution in [0.3, 0.4) is 0 Å². The minimum absolute atomic E-state index is 0.0554. The maximum atomic E-state index is 12.6. The molecule has 2 heterocycles. The number of rotatable bonds is 9. The zero-order valence-corrected chi connectivity index (χ0v) is 24.4. The van der Waals surface area contributed by atoms with Crippen LogP contribution in [0.2, 0.25) is 18.1 Å². The monoisotopic (exact) mass is 556 g/mol. The summed E-state index contributed by atoms with van der Waals surface area (Å²) in [6.07, 6.45) is -3.06. The molecule has 0 spiro atoms. The van der Waals surface area contributed by atoms with Crippen LogP contribution in [0.4, 0.5) is 0 Å². The summed E-state index contributed by atoms with van der Waals surface area (Å²) in [7, 11) is -2.36. The van der Waals surface area contributed by atoms with Crippen LogP contribution in [0.15, 0.2) is 67.3 Å². The Bertz CT molecular complexity index is 1120. The Morgan fingerprint density at radius 1 is 1.10 bits per heavy atom. The molecule has 2 aliphatic rings. The van der Waals surface area contributed by atoms with Crippen molar-refractivity contribution in [2.75, 3.05) is 13.2 Å². The number of benzene rings is 2. The first-order chi connectivity index (χ1) is 18.5. The average molecular weight is 557 g/mol. The van der Waals surface area contributed by atoms with Gasteiger partial charge < -0.3 is 33.2 Å². The van der Waals surface area contributed by atoms with Gasteiger partial charge in [-0.25, -0.2) is 4.79 Å². The van der Waals surface area contributed by atoms with Crippen LogP contribution in [0.1, 0.15) is 48.5 Å². The Labute approximate surface area is 231 Å². The number of ether oxygens (including phenoxy) is 5. The molecule has 39 heavy (non-hydrogen) atoms. The Balaban J connectivity index is 1.55. The second-order valence-electron chi connectivity index (χ2n) is 11.4. The highest BCUT2D eigenvalue weighted by molar-refractivity contribution is 6.74. The smallest absolute Gasteiger partial charge is 0.338 e. The highest BCUT2D eigenvalue weighted by Crippen LogP contribution is 2.41. The molecule has 9 heteroatoms. The minimum atomic E-state index is -2.36. The van der Waals surface area contributed by atoms with Crippen molar-refractivity contribution >= 4 is 14.3 Å². The molecule has 2 saturated heterocycles. The van der Waals surface area contributed by atoms with E-state index in [4.69, 9.17) is 28.1 Å². The molecule has 0 aromatic heterocycles. The fraction of sp³-hybridized carbons (Fsp3) is 0.500. The number of fused-ring (bicyclic) bond motifs is 1. The summed E-state index contributed by atoms with van der Waals surface area (Å²) in [5.74, 6) is -0.464. The summed E-state index contributed by atoms with van der Waals surface area (Å²) in [5, 5.41) is 11.5. The molecule has 2 fully saturated rings. The standard InChI is InChI=1S/C30H40O8Si/c1-7-17-33-27(32)22-16-12-11-15-21(22)18-34-29-26(38-39(5,6)30(2,3)4)24(31)25-23(36-29)19-35-28(37-25)20-13-9-8-10-14-20/h7-16,23-26,28-29,31H,1,17-19H2,2-6H3/t23-,24+,25-,26+,28-,29+/m1/s1. The molecule has 0 saturated carbocycles. The minimum Gasteiger partial charge on any atom is -0.458 e. The van der Waals surface area contributed by atoms with Crippen molar-refractivity contribution in [3.05, 3.63) is 83.9 Å². The lowest BCUT2D eigenvalue weighted by Crippen LogP contribution is -2.65. The summed E-state index contributed by atoms with van der Waals surface area (Å²) in [4.78, 5) is 12.6. The van der Waals surface area contributed by atoms with Gasteiger partial charge in [-0.3, -0.25) is 0 Å². The zero-order chi connectivity index (χ0) is 28.2. The summed E-state index contributed by atoms with van der Waals surface area (Å²) in [6, 6.07) is 16.7. The normalized spacial score (nSPS) is 27.4. The molecular formula is C30H40O8Si. The van der Waals surface area contributed by atoms with Gasteiger partial charge in [0.2, 0.25) is 0 Å². The summed E-state index contributed by atoms with van der Waals surface area (Å²) < 4.78 is 36.7. The first-order valence-electron chi connectivity index (χ1n) is 13.3. The summed E-state index contributed by atoms with van der Waals surface area (Å²) in [5.41, 5.74) is 1.90. The molecule has 0 bridgehead atoms. The lowest BCUT2D eigenvalue weighted by atomic mass is 9.98. The van der Waals surface area contributed by atoms with Gasteiger partial charge in [0.25, 0.3) is 0 Å². The first kappa shape index (κ1) is 29.6. The van der Waals surface area contributed by atoms with E-state index in [9.17, 15) is 9.90 Å². The third kappa shape index (κ3) is 6.86. The van der Waals surface area contributed by atoms with Crippen molar-refractivity contribution < 1.29 is 38.0 Å². The van der Waals surface area contributed by atoms with Crippen LogP contribution >= 0.6 is 0 Å². The van der Waals surface area contributed by atoms with Crippen LogP contribution in [-0.4, -0.2) is 63.3 Å². The molecule has 0 radical (unpaired) electrons. The molecule has 8 nitrogen and oxygen atoms in total. The predicted molar refractivity (Wildman–Crippen MR) is 148 cm³/mol. The van der Waals surface area contributed by atoms with Crippen molar-refractivity contribution in [2.45, 2.75) is 82.5 Å². The zero-order valence-electron chi connectivity index (χ0n) is 23.4. The Kier molecular flexibility index (Phi) is 9.43. The second-order valence-corrected chi connectivity index (χ2v) is 16.2. The van der Waals surface area contributed by atoms with Crippen LogP contribution < -0.4 is 0 Å². The number of hydrogen-bond donors (Lipinski definition) is 1.